The average molecular weight is 839 g/mol. The number of aromatic nitrogens is 4. The van der Waals surface area contributed by atoms with Gasteiger partial charge >= 0.3 is 22.0 Å². The smallest absolute Gasteiger partial charge is 0.421 e. The van der Waals surface area contributed by atoms with E-state index in [0.717, 1.165) is 21.3 Å². The number of aryl methyl sites for hydroxylation is 4. The van der Waals surface area contributed by atoms with Gasteiger partial charge in [0.25, 0.3) is 0 Å². The first-order valence-electron chi connectivity index (χ1n) is 12.8. The molecule has 0 atom stereocenters. The highest BCUT2D eigenvalue weighted by atomic mass is 32.3. The monoisotopic (exact) mass is 838 g/mol. The summed E-state index contributed by atoms with van der Waals surface area (Å²) in [6, 6.07) is 0. The van der Waals surface area contributed by atoms with Crippen LogP contribution in [0.25, 0.3) is 8.25 Å². The van der Waals surface area contributed by atoms with E-state index in [-0.39, 0.29) is 0 Å². The number of hydrogen-bond acceptors (Lipinski definition) is 8. The van der Waals surface area contributed by atoms with Gasteiger partial charge in [-0.1, -0.05) is 26.7 Å². The Balaban J connectivity index is 0. The highest BCUT2D eigenvalue weighted by Gasteiger charge is 2.48. The maximum atomic E-state index is 11.4. The lowest BCUT2D eigenvalue weighted by molar-refractivity contribution is -0.671. The van der Waals surface area contributed by atoms with Gasteiger partial charge in [0.05, 0.1) is 27.2 Å². The third-order valence-electron chi connectivity index (χ3n) is 4.75. The summed E-state index contributed by atoms with van der Waals surface area (Å²) in [5.74, 6) is 0. The molecule has 50 heavy (non-hydrogen) atoms. The number of halogens is 12. The van der Waals surface area contributed by atoms with Gasteiger partial charge in [0.15, 0.2) is 40.1 Å². The second-order valence-electron chi connectivity index (χ2n) is 9.17. The van der Waals surface area contributed by atoms with Crippen molar-refractivity contribution in [2.45, 2.75) is 74.7 Å². The van der Waals surface area contributed by atoms with Crippen LogP contribution in [0.2, 0.25) is 0 Å². The summed E-state index contributed by atoms with van der Waals surface area (Å²) < 4.78 is 227. The van der Waals surface area contributed by atoms with Crippen molar-refractivity contribution in [1.29, 1.82) is 0 Å². The number of nitrogens with zero attached hydrogens (tertiary/aromatic N) is 6. The molecule has 30 heteroatoms. The largest absolute Gasteiger partial charge is 0.480 e. The van der Waals surface area contributed by atoms with Crippen molar-refractivity contribution in [2.24, 2.45) is 14.1 Å². The molecule has 296 valence electrons. The minimum atomic E-state index is -6.72. The van der Waals surface area contributed by atoms with Crippen LogP contribution in [0.1, 0.15) is 39.5 Å². The zero-order chi connectivity index (χ0) is 40.2. The Bertz CT molecular complexity index is 1550. The second-order valence-corrected chi connectivity index (χ2v) is 16.0. The molecule has 0 aromatic carbocycles. The van der Waals surface area contributed by atoms with E-state index in [1.165, 1.54) is 25.7 Å². The number of hydrogen-bond donors (Lipinski definition) is 0. The van der Waals surface area contributed by atoms with Gasteiger partial charge in [-0.15, -0.1) is 0 Å². The molecule has 0 amide bonds. The fourth-order valence-corrected chi connectivity index (χ4v) is 5.80. The molecule has 2 aromatic heterocycles. The molecule has 2 aromatic rings. The first-order valence-corrected chi connectivity index (χ1v) is 18.6. The normalized spacial score (nSPS) is 13.3. The van der Waals surface area contributed by atoms with Gasteiger partial charge < -0.3 is 8.25 Å². The molecule has 0 saturated carbocycles. The molecule has 0 saturated heterocycles. The summed E-state index contributed by atoms with van der Waals surface area (Å²) in [5, 5.41) is 0. The number of rotatable bonds is 10. The van der Waals surface area contributed by atoms with Crippen molar-refractivity contribution in [3.63, 3.8) is 0 Å². The molecule has 2 rings (SSSR count). The molecule has 0 bridgehead atoms. The summed E-state index contributed by atoms with van der Waals surface area (Å²) in [4.78, 5) is 0. The van der Waals surface area contributed by atoms with E-state index in [2.05, 4.69) is 69.6 Å². The Hall–Kier alpha value is -2.70. The van der Waals surface area contributed by atoms with Crippen LogP contribution < -0.4 is 9.13 Å². The Labute approximate surface area is 278 Å². The Morgan fingerprint density at radius 1 is 0.500 bits per heavy atom. The molecular weight excluding hydrogens is 808 g/mol. The summed E-state index contributed by atoms with van der Waals surface area (Å²) >= 11 is 0. The first kappa shape index (κ1) is 49.4. The van der Waals surface area contributed by atoms with Crippen LogP contribution in [0.15, 0.2) is 37.4 Å². The average Bonchev–Trinajstić information content (AvgIpc) is 3.50. The van der Waals surface area contributed by atoms with Crippen molar-refractivity contribution in [2.75, 3.05) is 0 Å². The lowest BCUT2D eigenvalue weighted by Gasteiger charge is -2.22. The predicted octanol–water partition coefficient (Wildman–Crippen LogP) is 4.34. The van der Waals surface area contributed by atoms with E-state index < -0.39 is 62.1 Å². The molecule has 14 nitrogen and oxygen atoms in total. The summed E-state index contributed by atoms with van der Waals surface area (Å²) in [6.45, 7) is 6.72. The number of alkyl halides is 12. The van der Waals surface area contributed by atoms with Gasteiger partial charge in [0.2, 0.25) is 12.7 Å². The van der Waals surface area contributed by atoms with E-state index >= 15 is 0 Å². The number of imidazole rings is 2. The van der Waals surface area contributed by atoms with Gasteiger partial charge in [0.1, 0.15) is 24.8 Å². The molecule has 0 aliphatic rings. The summed E-state index contributed by atoms with van der Waals surface area (Å²) in [7, 11) is -22.8. The molecular formula is C20H30F12N6O8S4. The highest BCUT2D eigenvalue weighted by Crippen LogP contribution is 2.37. The fraction of sp³-hybridized carbons (Fsp3) is 0.700. The van der Waals surface area contributed by atoms with Crippen molar-refractivity contribution < 1.29 is 95.5 Å². The maximum absolute atomic E-state index is 11.4. The van der Waals surface area contributed by atoms with E-state index in [4.69, 9.17) is 0 Å². The molecule has 0 unspecified atom stereocenters. The minimum absolute atomic E-state index is 0.778. The van der Waals surface area contributed by atoms with Crippen molar-refractivity contribution in [1.82, 2.24) is 9.13 Å². The zero-order valence-electron chi connectivity index (χ0n) is 25.8. The third-order valence-corrected chi connectivity index (χ3v) is 10.2. The molecule has 0 aliphatic heterocycles. The molecule has 0 aliphatic carbocycles. The minimum Gasteiger partial charge on any atom is -0.421 e. The van der Waals surface area contributed by atoms with Crippen LogP contribution in [0, 0.1) is 0 Å². The van der Waals surface area contributed by atoms with Crippen LogP contribution in [0.4, 0.5) is 52.7 Å². The lowest BCUT2D eigenvalue weighted by Crippen LogP contribution is -2.30. The van der Waals surface area contributed by atoms with Gasteiger partial charge in [-0.05, 0) is 12.8 Å². The Kier molecular flexibility index (Phi) is 18.5. The van der Waals surface area contributed by atoms with Crippen molar-refractivity contribution in [3.8, 4) is 0 Å². The second kappa shape index (κ2) is 18.7. The first-order chi connectivity index (χ1) is 22.1. The topological polar surface area (TPSA) is 182 Å². The molecule has 0 N–H and O–H groups in total. The van der Waals surface area contributed by atoms with Crippen molar-refractivity contribution >= 4 is 40.1 Å². The van der Waals surface area contributed by atoms with E-state index in [1.807, 2.05) is 14.1 Å². The van der Waals surface area contributed by atoms with Crippen molar-refractivity contribution in [3.05, 3.63) is 45.7 Å². The van der Waals surface area contributed by atoms with Gasteiger partial charge in [-0.2, -0.15) is 52.7 Å². The zero-order valence-corrected chi connectivity index (χ0v) is 29.1. The van der Waals surface area contributed by atoms with E-state index in [0.29, 0.717) is 0 Å². The summed E-state index contributed by atoms with van der Waals surface area (Å²) in [5.41, 5.74) is -24.8. The predicted molar refractivity (Wildman–Crippen MR) is 148 cm³/mol. The van der Waals surface area contributed by atoms with Gasteiger partial charge in [0, 0.05) is 0 Å². The quantitative estimate of drug-likeness (QED) is 0.250. The Morgan fingerprint density at radius 3 is 0.860 bits per heavy atom. The lowest BCUT2D eigenvalue weighted by atomic mass is 10.3. The van der Waals surface area contributed by atoms with Crippen LogP contribution >= 0.6 is 0 Å². The molecule has 0 radical (unpaired) electrons. The highest BCUT2D eigenvalue weighted by molar-refractivity contribution is 8.13. The number of unbranched alkanes of at least 4 members (excludes halogenated alkanes) is 2. The maximum Gasteiger partial charge on any atom is 0.480 e. The molecule has 0 fully saturated rings. The van der Waals surface area contributed by atoms with E-state index in [9.17, 15) is 86.4 Å². The fourth-order valence-electron chi connectivity index (χ4n) is 2.38. The van der Waals surface area contributed by atoms with Crippen LogP contribution in [0.5, 0.6) is 0 Å². The summed E-state index contributed by atoms with van der Waals surface area (Å²) in [6.07, 6.45) is 17.6. The third kappa shape index (κ3) is 17.5. The SMILES string of the molecule is CCCCn1cc[n+](C)c1.CCCCn1cc[n+](C)c1.O=S(=O)([N-]S(=O)(=O)C(F)(F)F)C(F)(F)F.O=S(=O)([N-]S(=O)(=O)C(F)(F)F)C(F)(F)F. The Morgan fingerprint density at radius 2 is 0.720 bits per heavy atom. The van der Waals surface area contributed by atoms with E-state index in [1.54, 1.807) is 0 Å². The number of sulfonamides is 4. The van der Waals surface area contributed by atoms with Crippen LogP contribution in [0.3, 0.4) is 0 Å². The standard InChI is InChI=1S/2C8H15N2.2C2F6NO4S2/c2*1-3-4-5-10-7-6-9(2)8-10;2*3-1(4,5)14(10,11)9-15(12,13)2(6,7)8/h2*6-8H,3-5H2,1-2H3;;/q2*+1;2*-1. The van der Waals surface area contributed by atoms with Crippen LogP contribution in [-0.4, -0.2) is 64.8 Å². The van der Waals surface area contributed by atoms with Crippen LogP contribution in [-0.2, 0) is 67.3 Å². The van der Waals surface area contributed by atoms with Gasteiger partial charge in [-0.3, -0.25) is 0 Å². The molecule has 2 heterocycles. The molecule has 0 spiro atoms. The van der Waals surface area contributed by atoms with Gasteiger partial charge in [-0.25, -0.2) is 51.9 Å².